The van der Waals surface area contributed by atoms with Crippen LogP contribution < -0.4 is 11.1 Å². The molecule has 6 nitrogen and oxygen atoms in total. The topological polar surface area (TPSA) is 90.1 Å². The molecule has 82 valence electrons. The summed E-state index contributed by atoms with van der Waals surface area (Å²) in [6.45, 7) is 0.540. The molecule has 0 aliphatic rings. The highest BCUT2D eigenvalue weighted by Crippen LogP contribution is 2.19. The lowest BCUT2D eigenvalue weighted by Crippen LogP contribution is -2.18. The van der Waals surface area contributed by atoms with Crippen molar-refractivity contribution >= 4 is 39.4 Å². The average molecular weight is 296 g/mol. The van der Waals surface area contributed by atoms with Crippen molar-refractivity contribution in [1.82, 2.24) is 9.97 Å². The van der Waals surface area contributed by atoms with Crippen molar-refractivity contribution in [2.45, 2.75) is 0 Å². The molecule has 0 aliphatic heterocycles. The molecule has 8 heteroatoms. The minimum atomic E-state index is -0.809. The molecule has 0 saturated heterocycles. The zero-order valence-electron chi connectivity index (χ0n) is 7.54. The number of nitrogens with zero attached hydrogens (tertiary/aromatic N) is 2. The number of carbonyl (C=O) groups is 1. The van der Waals surface area contributed by atoms with Crippen LogP contribution in [0.4, 0.5) is 10.6 Å². The Kier molecular flexibility index (Phi) is 4.57. The predicted molar refractivity (Wildman–Crippen MR) is 58.8 cm³/mol. The number of halogens is 2. The summed E-state index contributed by atoms with van der Waals surface area (Å²) in [6.07, 6.45) is 0.712. The molecule has 0 atom stereocenters. The van der Waals surface area contributed by atoms with Crippen LogP contribution in [0.5, 0.6) is 0 Å². The number of anilines is 1. The van der Waals surface area contributed by atoms with E-state index in [0.29, 0.717) is 16.8 Å². The van der Waals surface area contributed by atoms with E-state index in [9.17, 15) is 4.79 Å². The molecule has 3 N–H and O–H groups in total. The van der Waals surface area contributed by atoms with E-state index >= 15 is 0 Å². The van der Waals surface area contributed by atoms with E-state index in [1.807, 2.05) is 0 Å². The highest BCUT2D eigenvalue weighted by Gasteiger charge is 2.02. The lowest BCUT2D eigenvalue weighted by atomic mass is 10.5. The van der Waals surface area contributed by atoms with Crippen LogP contribution in [-0.2, 0) is 4.74 Å². The summed E-state index contributed by atoms with van der Waals surface area (Å²) in [7, 11) is 0. The van der Waals surface area contributed by atoms with Gasteiger partial charge in [0.25, 0.3) is 0 Å². The summed E-state index contributed by atoms with van der Waals surface area (Å²) >= 11 is 8.82. The normalized spacial score (nSPS) is 9.73. The first-order chi connectivity index (χ1) is 7.09. The van der Waals surface area contributed by atoms with Gasteiger partial charge in [0.05, 0.1) is 11.0 Å². The molecule has 1 amide bonds. The Labute approximate surface area is 99.3 Å². The molecule has 0 bridgehead atoms. The molecule has 0 aromatic carbocycles. The van der Waals surface area contributed by atoms with E-state index in [-0.39, 0.29) is 11.9 Å². The highest BCUT2D eigenvalue weighted by molar-refractivity contribution is 9.10. The van der Waals surface area contributed by atoms with Crippen molar-refractivity contribution < 1.29 is 9.53 Å². The van der Waals surface area contributed by atoms with Crippen molar-refractivity contribution in [1.29, 1.82) is 0 Å². The van der Waals surface area contributed by atoms with E-state index in [1.54, 1.807) is 0 Å². The first-order valence-electron chi connectivity index (χ1n) is 3.93. The summed E-state index contributed by atoms with van der Waals surface area (Å²) in [4.78, 5) is 17.9. The Morgan fingerprint density at radius 3 is 3.13 bits per heavy atom. The van der Waals surface area contributed by atoms with E-state index in [0.717, 1.165) is 0 Å². The van der Waals surface area contributed by atoms with Crippen molar-refractivity contribution in [2.75, 3.05) is 18.5 Å². The molecule has 1 aromatic rings. The van der Waals surface area contributed by atoms with Gasteiger partial charge in [-0.15, -0.1) is 0 Å². The maximum atomic E-state index is 10.2. The second-order valence-electron chi connectivity index (χ2n) is 2.43. The fourth-order valence-electron chi connectivity index (χ4n) is 0.791. The Morgan fingerprint density at radius 2 is 2.47 bits per heavy atom. The molecular formula is C7H8BrClN4O2. The molecule has 0 radical (unpaired) electrons. The van der Waals surface area contributed by atoms with Gasteiger partial charge >= 0.3 is 6.09 Å². The molecular weight excluding hydrogens is 287 g/mol. The van der Waals surface area contributed by atoms with Gasteiger partial charge in [-0.1, -0.05) is 0 Å². The zero-order valence-corrected chi connectivity index (χ0v) is 9.88. The smallest absolute Gasteiger partial charge is 0.404 e. The standard InChI is InChI=1S/C7H8BrClN4O2/c8-4-3-12-6(9)13-5(4)11-1-2-15-7(10)14/h3H,1-2H2,(H2,10,14)(H,11,12,13). The second-order valence-corrected chi connectivity index (χ2v) is 3.62. The summed E-state index contributed by atoms with van der Waals surface area (Å²) in [5.41, 5.74) is 4.78. The second kappa shape index (κ2) is 5.72. The molecule has 0 unspecified atom stereocenters. The third-order valence-electron chi connectivity index (χ3n) is 1.35. The van der Waals surface area contributed by atoms with Gasteiger partial charge in [-0.05, 0) is 27.5 Å². The molecule has 0 aliphatic carbocycles. The van der Waals surface area contributed by atoms with Crippen molar-refractivity contribution in [3.05, 3.63) is 16.0 Å². The number of nitrogens with one attached hydrogen (secondary N) is 1. The average Bonchev–Trinajstić information content (AvgIpc) is 2.17. The van der Waals surface area contributed by atoms with Gasteiger partial charge in [0.1, 0.15) is 12.4 Å². The van der Waals surface area contributed by atoms with Crippen LogP contribution in [0.25, 0.3) is 0 Å². The molecule has 0 saturated carbocycles. The monoisotopic (exact) mass is 294 g/mol. The third kappa shape index (κ3) is 4.30. The summed E-state index contributed by atoms with van der Waals surface area (Å²) in [6, 6.07) is 0. The minimum Gasteiger partial charge on any atom is -0.448 e. The van der Waals surface area contributed by atoms with Gasteiger partial charge in [-0.3, -0.25) is 0 Å². The zero-order chi connectivity index (χ0) is 11.3. The maximum absolute atomic E-state index is 10.2. The van der Waals surface area contributed by atoms with Crippen LogP contribution in [-0.4, -0.2) is 29.2 Å². The van der Waals surface area contributed by atoms with Crippen LogP contribution in [0, 0.1) is 0 Å². The van der Waals surface area contributed by atoms with Gasteiger partial charge < -0.3 is 15.8 Å². The van der Waals surface area contributed by atoms with Crippen molar-refractivity contribution in [2.24, 2.45) is 5.73 Å². The van der Waals surface area contributed by atoms with Crippen molar-refractivity contribution in [3.8, 4) is 0 Å². The Hall–Kier alpha value is -1.08. The molecule has 15 heavy (non-hydrogen) atoms. The number of carbonyl (C=O) groups excluding carboxylic acids is 1. The fraction of sp³-hybridized carbons (Fsp3) is 0.286. The van der Waals surface area contributed by atoms with Gasteiger partial charge in [0, 0.05) is 6.20 Å². The number of hydrogen-bond donors (Lipinski definition) is 2. The number of ether oxygens (including phenoxy) is 1. The van der Waals surface area contributed by atoms with Gasteiger partial charge in [-0.2, -0.15) is 4.98 Å². The van der Waals surface area contributed by atoms with Crippen LogP contribution in [0.2, 0.25) is 5.28 Å². The first kappa shape index (κ1) is 12.0. The SMILES string of the molecule is NC(=O)OCCNc1nc(Cl)ncc1Br. The first-order valence-corrected chi connectivity index (χ1v) is 5.11. The summed E-state index contributed by atoms with van der Waals surface area (Å²) in [5.74, 6) is 0.531. The molecule has 1 heterocycles. The molecule has 1 rings (SSSR count). The fourth-order valence-corrected chi connectivity index (χ4v) is 1.26. The number of rotatable bonds is 4. The van der Waals surface area contributed by atoms with E-state index in [4.69, 9.17) is 17.3 Å². The van der Waals surface area contributed by atoms with Gasteiger partial charge in [-0.25, -0.2) is 9.78 Å². The molecule has 0 fully saturated rings. The van der Waals surface area contributed by atoms with E-state index < -0.39 is 6.09 Å². The van der Waals surface area contributed by atoms with E-state index in [1.165, 1.54) is 6.20 Å². The van der Waals surface area contributed by atoms with Crippen LogP contribution in [0.1, 0.15) is 0 Å². The van der Waals surface area contributed by atoms with E-state index in [2.05, 4.69) is 36.0 Å². The number of aromatic nitrogens is 2. The summed E-state index contributed by atoms with van der Waals surface area (Å²) in [5, 5.41) is 3.03. The largest absolute Gasteiger partial charge is 0.448 e. The number of amides is 1. The summed E-state index contributed by atoms with van der Waals surface area (Å²) < 4.78 is 5.19. The Morgan fingerprint density at radius 1 is 1.73 bits per heavy atom. The maximum Gasteiger partial charge on any atom is 0.404 e. The third-order valence-corrected chi connectivity index (χ3v) is 2.12. The van der Waals surface area contributed by atoms with Crippen molar-refractivity contribution in [3.63, 3.8) is 0 Å². The van der Waals surface area contributed by atoms with Gasteiger partial charge in [0.2, 0.25) is 5.28 Å². The quantitative estimate of drug-likeness (QED) is 0.647. The lowest BCUT2D eigenvalue weighted by molar-refractivity contribution is 0.161. The van der Waals surface area contributed by atoms with Crippen LogP contribution >= 0.6 is 27.5 Å². The minimum absolute atomic E-state index is 0.136. The molecule has 0 spiro atoms. The Balaban J connectivity index is 2.43. The molecule has 1 aromatic heterocycles. The van der Waals surface area contributed by atoms with Crippen LogP contribution in [0.15, 0.2) is 10.7 Å². The van der Waals surface area contributed by atoms with Crippen LogP contribution in [0.3, 0.4) is 0 Å². The van der Waals surface area contributed by atoms with Gasteiger partial charge in [0.15, 0.2) is 0 Å². The number of nitrogens with two attached hydrogens (primary N) is 1. The highest BCUT2D eigenvalue weighted by atomic mass is 79.9. The lowest BCUT2D eigenvalue weighted by Gasteiger charge is -2.06. The number of hydrogen-bond acceptors (Lipinski definition) is 5. The Bertz CT molecular complexity index is 363. The predicted octanol–water partition coefficient (Wildman–Crippen LogP) is 1.40. The number of primary amides is 1.